The fourth-order valence-corrected chi connectivity index (χ4v) is 4.28. The lowest BCUT2D eigenvalue weighted by atomic mass is 10.1. The van der Waals surface area contributed by atoms with Crippen molar-refractivity contribution in [3.8, 4) is 0 Å². The average Bonchev–Trinajstić information content (AvgIpc) is 2.90. The topological polar surface area (TPSA) is 81.8 Å². The summed E-state index contributed by atoms with van der Waals surface area (Å²) in [6, 6.07) is -0.357. The molecule has 8 heteroatoms. The van der Waals surface area contributed by atoms with Gasteiger partial charge >= 0.3 is 0 Å². The number of hydrogen-bond donors (Lipinski definition) is 1. The van der Waals surface area contributed by atoms with Gasteiger partial charge < -0.3 is 0 Å². The van der Waals surface area contributed by atoms with Gasteiger partial charge in [-0.2, -0.15) is 10.2 Å². The van der Waals surface area contributed by atoms with E-state index in [1.165, 1.54) is 0 Å². The summed E-state index contributed by atoms with van der Waals surface area (Å²) in [7, 11) is -1.90. The summed E-state index contributed by atoms with van der Waals surface area (Å²) in [6.45, 7) is 9.90. The van der Waals surface area contributed by atoms with Crippen LogP contribution >= 0.6 is 0 Å². The van der Waals surface area contributed by atoms with Gasteiger partial charge in [0.25, 0.3) is 0 Å². The molecule has 0 aliphatic rings. The molecule has 0 saturated heterocycles. The number of nitrogens with one attached hydrogen (secondary N) is 1. The van der Waals surface area contributed by atoms with Crippen molar-refractivity contribution in [3.05, 3.63) is 28.8 Å². The molecule has 2 heterocycles. The Bertz CT molecular complexity index is 789. The molecule has 0 aliphatic carbocycles. The molecule has 122 valence electrons. The largest absolute Gasteiger partial charge is 0.272 e. The first-order chi connectivity index (χ1) is 10.2. The summed E-state index contributed by atoms with van der Waals surface area (Å²) in [6.07, 6.45) is 1.88. The molecule has 1 atom stereocenters. The second kappa shape index (κ2) is 5.85. The van der Waals surface area contributed by atoms with Crippen LogP contribution in [-0.4, -0.2) is 28.0 Å². The first-order valence-corrected chi connectivity index (χ1v) is 8.72. The Labute approximate surface area is 131 Å². The van der Waals surface area contributed by atoms with Crippen LogP contribution in [0.3, 0.4) is 0 Å². The Balaban J connectivity index is 2.33. The van der Waals surface area contributed by atoms with Crippen LogP contribution in [0.4, 0.5) is 0 Å². The van der Waals surface area contributed by atoms with E-state index in [1.54, 1.807) is 30.3 Å². The molecule has 22 heavy (non-hydrogen) atoms. The van der Waals surface area contributed by atoms with Crippen molar-refractivity contribution in [2.24, 2.45) is 7.05 Å². The van der Waals surface area contributed by atoms with Crippen LogP contribution in [0.5, 0.6) is 0 Å². The van der Waals surface area contributed by atoms with Crippen molar-refractivity contribution >= 4 is 10.0 Å². The quantitative estimate of drug-likeness (QED) is 0.905. The number of sulfonamides is 1. The minimum atomic E-state index is -3.63. The highest BCUT2D eigenvalue weighted by atomic mass is 32.2. The number of aryl methyl sites for hydroxylation is 4. The van der Waals surface area contributed by atoms with E-state index >= 15 is 0 Å². The fourth-order valence-electron chi connectivity index (χ4n) is 2.62. The van der Waals surface area contributed by atoms with E-state index in [0.29, 0.717) is 11.4 Å². The lowest BCUT2D eigenvalue weighted by Gasteiger charge is -2.14. The summed E-state index contributed by atoms with van der Waals surface area (Å²) in [5, 5.41) is 8.53. The number of hydrogen-bond acceptors (Lipinski definition) is 4. The monoisotopic (exact) mass is 325 g/mol. The van der Waals surface area contributed by atoms with Crippen molar-refractivity contribution in [3.63, 3.8) is 0 Å². The van der Waals surface area contributed by atoms with Crippen LogP contribution in [0.1, 0.15) is 42.5 Å². The first kappa shape index (κ1) is 16.7. The van der Waals surface area contributed by atoms with E-state index < -0.39 is 10.0 Å². The van der Waals surface area contributed by atoms with E-state index in [2.05, 4.69) is 14.9 Å². The van der Waals surface area contributed by atoms with Gasteiger partial charge in [0.05, 0.1) is 17.1 Å². The van der Waals surface area contributed by atoms with Crippen molar-refractivity contribution in [1.82, 2.24) is 24.3 Å². The lowest BCUT2D eigenvalue weighted by molar-refractivity contribution is 0.564. The highest BCUT2D eigenvalue weighted by Crippen LogP contribution is 2.23. The molecule has 0 fully saturated rings. The molecule has 0 amide bonds. The molecule has 0 aliphatic heterocycles. The molecular weight excluding hydrogens is 302 g/mol. The molecule has 0 saturated carbocycles. The van der Waals surface area contributed by atoms with Crippen molar-refractivity contribution in [2.45, 2.75) is 52.1 Å². The van der Waals surface area contributed by atoms with Gasteiger partial charge in [-0.15, -0.1) is 0 Å². The van der Waals surface area contributed by atoms with E-state index in [-0.39, 0.29) is 10.9 Å². The van der Waals surface area contributed by atoms with Gasteiger partial charge in [-0.25, -0.2) is 13.1 Å². The zero-order valence-corrected chi connectivity index (χ0v) is 14.7. The Morgan fingerprint density at radius 3 is 2.32 bits per heavy atom. The Hall–Kier alpha value is -1.67. The van der Waals surface area contributed by atoms with Gasteiger partial charge in [0.15, 0.2) is 0 Å². The summed E-state index contributed by atoms with van der Waals surface area (Å²) in [5.74, 6) is 0. The molecule has 2 aromatic rings. The summed E-state index contributed by atoms with van der Waals surface area (Å²) >= 11 is 0. The minimum absolute atomic E-state index is 0.252. The highest BCUT2D eigenvalue weighted by Gasteiger charge is 2.26. The standard InChI is InChI=1S/C14H23N5O2S/c1-7-19-8-13(9(2)16-19)10(3)17-22(20,21)14-11(4)15-18(6)12(14)5/h8,10,17H,7H2,1-6H3. The second-order valence-corrected chi connectivity index (χ2v) is 7.14. The third-order valence-corrected chi connectivity index (χ3v) is 5.61. The number of aromatic nitrogens is 4. The summed E-state index contributed by atoms with van der Waals surface area (Å²) < 4.78 is 31.4. The first-order valence-electron chi connectivity index (χ1n) is 7.23. The molecule has 0 spiro atoms. The zero-order valence-electron chi connectivity index (χ0n) is 13.9. The maximum atomic E-state index is 12.7. The molecule has 1 N–H and O–H groups in total. The minimum Gasteiger partial charge on any atom is -0.272 e. The second-order valence-electron chi connectivity index (χ2n) is 5.49. The number of rotatable bonds is 5. The fraction of sp³-hybridized carbons (Fsp3) is 0.571. The molecular formula is C14H23N5O2S. The van der Waals surface area contributed by atoms with Crippen molar-refractivity contribution in [1.29, 1.82) is 0 Å². The average molecular weight is 325 g/mol. The van der Waals surface area contributed by atoms with E-state index in [4.69, 9.17) is 0 Å². The summed E-state index contributed by atoms with van der Waals surface area (Å²) in [4.78, 5) is 0.252. The van der Waals surface area contributed by atoms with Crippen LogP contribution in [0.15, 0.2) is 11.1 Å². The maximum Gasteiger partial charge on any atom is 0.244 e. The normalized spacial score (nSPS) is 13.5. The van der Waals surface area contributed by atoms with Gasteiger partial charge in [0, 0.05) is 31.4 Å². The van der Waals surface area contributed by atoms with Crippen molar-refractivity contribution < 1.29 is 8.42 Å². The summed E-state index contributed by atoms with van der Waals surface area (Å²) in [5.41, 5.74) is 2.83. The molecule has 2 aromatic heterocycles. The molecule has 7 nitrogen and oxygen atoms in total. The van der Waals surface area contributed by atoms with E-state index in [1.807, 2.05) is 27.0 Å². The molecule has 0 aromatic carbocycles. The van der Waals surface area contributed by atoms with Gasteiger partial charge in [-0.05, 0) is 34.6 Å². The Morgan fingerprint density at radius 2 is 1.86 bits per heavy atom. The van der Waals surface area contributed by atoms with E-state index in [9.17, 15) is 8.42 Å². The SMILES string of the molecule is CCn1cc(C(C)NS(=O)(=O)c2c(C)nn(C)c2C)c(C)n1. The highest BCUT2D eigenvalue weighted by molar-refractivity contribution is 7.89. The Kier molecular flexibility index (Phi) is 4.44. The third-order valence-electron chi connectivity index (χ3n) is 3.82. The third kappa shape index (κ3) is 2.93. The van der Waals surface area contributed by atoms with E-state index in [0.717, 1.165) is 17.8 Å². The van der Waals surface area contributed by atoms with Gasteiger partial charge in [0.1, 0.15) is 4.90 Å². The molecule has 0 radical (unpaired) electrons. The van der Waals surface area contributed by atoms with Crippen molar-refractivity contribution in [2.75, 3.05) is 0 Å². The van der Waals surface area contributed by atoms with Gasteiger partial charge in [0.2, 0.25) is 10.0 Å². The van der Waals surface area contributed by atoms with Crippen LogP contribution in [0.25, 0.3) is 0 Å². The maximum absolute atomic E-state index is 12.7. The van der Waals surface area contributed by atoms with Crippen LogP contribution < -0.4 is 4.72 Å². The predicted octanol–water partition coefficient (Wildman–Crippen LogP) is 1.60. The molecule has 1 unspecified atom stereocenters. The predicted molar refractivity (Wildman–Crippen MR) is 84.1 cm³/mol. The van der Waals surface area contributed by atoms with Crippen LogP contribution in [0, 0.1) is 20.8 Å². The molecule has 2 rings (SSSR count). The Morgan fingerprint density at radius 1 is 1.23 bits per heavy atom. The zero-order chi connectivity index (χ0) is 16.7. The number of nitrogens with zero attached hydrogens (tertiary/aromatic N) is 4. The van der Waals surface area contributed by atoms with Crippen LogP contribution in [-0.2, 0) is 23.6 Å². The molecule has 0 bridgehead atoms. The van der Waals surface area contributed by atoms with Gasteiger partial charge in [-0.1, -0.05) is 0 Å². The smallest absolute Gasteiger partial charge is 0.244 e. The van der Waals surface area contributed by atoms with Gasteiger partial charge in [-0.3, -0.25) is 9.36 Å². The van der Waals surface area contributed by atoms with Crippen LogP contribution in [0.2, 0.25) is 0 Å². The lowest BCUT2D eigenvalue weighted by Crippen LogP contribution is -2.28.